The molecule has 8 nitrogen and oxygen atoms in total. The molecule has 0 aliphatic carbocycles. The van der Waals surface area contributed by atoms with E-state index in [1.54, 1.807) is 43.5 Å². The second-order valence-electron chi connectivity index (χ2n) is 7.97. The number of unbranched alkanes of at least 4 members (excludes halogenated alkanes) is 1. The Balaban J connectivity index is 1.49. The number of ether oxygens (including phenoxy) is 1. The van der Waals surface area contributed by atoms with Gasteiger partial charge in [0.2, 0.25) is 0 Å². The Labute approximate surface area is 190 Å². The van der Waals surface area contributed by atoms with Crippen molar-refractivity contribution in [3.8, 4) is 5.75 Å². The van der Waals surface area contributed by atoms with Crippen molar-refractivity contribution in [3.63, 3.8) is 0 Å². The summed E-state index contributed by atoms with van der Waals surface area (Å²) in [5, 5.41) is 2.89. The maximum absolute atomic E-state index is 12.7. The Hall–Kier alpha value is -2.62. The summed E-state index contributed by atoms with van der Waals surface area (Å²) in [7, 11) is -0.128. The summed E-state index contributed by atoms with van der Waals surface area (Å²) in [6, 6.07) is 12.6. The Morgan fingerprint density at radius 2 is 1.75 bits per heavy atom. The molecule has 1 amide bonds. The summed E-state index contributed by atoms with van der Waals surface area (Å²) in [4.78, 5) is 17.3. The van der Waals surface area contributed by atoms with Gasteiger partial charge in [0.25, 0.3) is 15.9 Å². The standard InChI is InChI=1S/C23H32N4O4S/c1-26-14-16-27(17-15-26)13-4-3-12-24-23(28)19-6-5-7-22(18-19)32(29,30)25-20-8-10-21(31-2)11-9-20/h5-11,18,25H,3-4,12-17H2,1-2H3,(H,24,28). The summed E-state index contributed by atoms with van der Waals surface area (Å²) in [5.41, 5.74) is 0.739. The first-order valence-corrected chi connectivity index (χ1v) is 12.3. The molecule has 0 atom stereocenters. The summed E-state index contributed by atoms with van der Waals surface area (Å²) in [5.74, 6) is 0.362. The highest BCUT2D eigenvalue weighted by molar-refractivity contribution is 7.92. The minimum absolute atomic E-state index is 0.0380. The first kappa shape index (κ1) is 24.0. The number of nitrogens with one attached hydrogen (secondary N) is 2. The number of methoxy groups -OCH3 is 1. The smallest absolute Gasteiger partial charge is 0.261 e. The second kappa shape index (κ2) is 11.3. The largest absolute Gasteiger partial charge is 0.497 e. The first-order chi connectivity index (χ1) is 15.4. The summed E-state index contributed by atoms with van der Waals surface area (Å²) in [6.45, 7) is 5.98. The number of likely N-dealkylation sites (N-methyl/N-ethyl adjacent to an activating group) is 1. The third-order valence-corrected chi connectivity index (χ3v) is 6.91. The lowest BCUT2D eigenvalue weighted by Crippen LogP contribution is -2.44. The molecule has 1 aliphatic rings. The van der Waals surface area contributed by atoms with Crippen molar-refractivity contribution in [2.24, 2.45) is 0 Å². The SMILES string of the molecule is COc1ccc(NS(=O)(=O)c2cccc(C(=O)NCCCCN3CCN(C)CC3)c2)cc1. The molecule has 1 saturated heterocycles. The summed E-state index contributed by atoms with van der Waals surface area (Å²) >= 11 is 0. The number of carbonyl (C=O) groups is 1. The fraction of sp³-hybridized carbons (Fsp3) is 0.435. The van der Waals surface area contributed by atoms with Crippen LogP contribution in [0, 0.1) is 0 Å². The molecule has 2 N–H and O–H groups in total. The van der Waals surface area contributed by atoms with Crippen LogP contribution >= 0.6 is 0 Å². The van der Waals surface area contributed by atoms with E-state index in [0.717, 1.165) is 45.6 Å². The minimum Gasteiger partial charge on any atom is -0.497 e. The number of benzene rings is 2. The fourth-order valence-electron chi connectivity index (χ4n) is 3.51. The molecule has 0 spiro atoms. The lowest BCUT2D eigenvalue weighted by molar-refractivity contribution is 0.0951. The topological polar surface area (TPSA) is 91.0 Å². The van der Waals surface area contributed by atoms with E-state index in [4.69, 9.17) is 4.74 Å². The van der Waals surface area contributed by atoms with Gasteiger partial charge >= 0.3 is 0 Å². The number of nitrogens with zero attached hydrogens (tertiary/aromatic N) is 2. The zero-order valence-corrected chi connectivity index (χ0v) is 19.5. The third-order valence-electron chi connectivity index (χ3n) is 5.53. The van der Waals surface area contributed by atoms with E-state index in [1.807, 2.05) is 0 Å². The van der Waals surface area contributed by atoms with Crippen molar-refractivity contribution < 1.29 is 17.9 Å². The molecular formula is C23H32N4O4S. The van der Waals surface area contributed by atoms with Crippen LogP contribution in [0.5, 0.6) is 5.75 Å². The minimum atomic E-state index is -3.81. The Bertz CT molecular complexity index is 987. The number of amides is 1. The molecular weight excluding hydrogens is 428 g/mol. The molecule has 3 rings (SSSR count). The van der Waals surface area contributed by atoms with Gasteiger partial charge < -0.3 is 19.9 Å². The van der Waals surface area contributed by atoms with E-state index in [2.05, 4.69) is 26.9 Å². The molecule has 0 aromatic heterocycles. The number of carbonyl (C=O) groups excluding carboxylic acids is 1. The van der Waals surface area contributed by atoms with Gasteiger partial charge in [-0.1, -0.05) is 6.07 Å². The van der Waals surface area contributed by atoms with Crippen LogP contribution in [0.1, 0.15) is 23.2 Å². The molecule has 32 heavy (non-hydrogen) atoms. The number of rotatable bonds is 10. The highest BCUT2D eigenvalue weighted by Gasteiger charge is 2.17. The molecule has 0 unspecified atom stereocenters. The van der Waals surface area contributed by atoms with Crippen molar-refractivity contribution in [2.75, 3.05) is 58.1 Å². The van der Waals surface area contributed by atoms with Crippen LogP contribution < -0.4 is 14.8 Å². The van der Waals surface area contributed by atoms with Crippen LogP contribution in [0.3, 0.4) is 0 Å². The van der Waals surface area contributed by atoms with E-state index in [9.17, 15) is 13.2 Å². The van der Waals surface area contributed by atoms with Crippen LogP contribution in [-0.4, -0.2) is 77.6 Å². The number of anilines is 1. The van der Waals surface area contributed by atoms with Crippen molar-refractivity contribution in [1.29, 1.82) is 0 Å². The Kier molecular flexibility index (Phi) is 8.49. The van der Waals surface area contributed by atoms with Crippen molar-refractivity contribution in [3.05, 3.63) is 54.1 Å². The summed E-state index contributed by atoms with van der Waals surface area (Å²) < 4.78 is 33.0. The van der Waals surface area contributed by atoms with Crippen LogP contribution in [0.2, 0.25) is 0 Å². The van der Waals surface area contributed by atoms with E-state index >= 15 is 0 Å². The first-order valence-electron chi connectivity index (χ1n) is 10.8. The number of sulfonamides is 1. The van der Waals surface area contributed by atoms with Gasteiger partial charge in [-0.3, -0.25) is 9.52 Å². The van der Waals surface area contributed by atoms with E-state index in [0.29, 0.717) is 23.5 Å². The van der Waals surface area contributed by atoms with Crippen LogP contribution in [-0.2, 0) is 10.0 Å². The van der Waals surface area contributed by atoms with Gasteiger partial charge in [0.15, 0.2) is 0 Å². The van der Waals surface area contributed by atoms with E-state index in [1.165, 1.54) is 12.1 Å². The molecule has 1 fully saturated rings. The van der Waals surface area contributed by atoms with Crippen molar-refractivity contribution >= 4 is 21.6 Å². The van der Waals surface area contributed by atoms with E-state index < -0.39 is 10.0 Å². The third kappa shape index (κ3) is 6.94. The molecule has 1 aliphatic heterocycles. The molecule has 1 heterocycles. The van der Waals surface area contributed by atoms with Gasteiger partial charge in [0.05, 0.1) is 12.0 Å². The highest BCUT2D eigenvalue weighted by atomic mass is 32.2. The predicted octanol–water partition coefficient (Wildman–Crippen LogP) is 2.25. The van der Waals surface area contributed by atoms with Crippen molar-refractivity contribution in [1.82, 2.24) is 15.1 Å². The molecule has 9 heteroatoms. The van der Waals surface area contributed by atoms with Gasteiger partial charge in [0, 0.05) is 44.0 Å². The van der Waals surface area contributed by atoms with Gasteiger partial charge in [-0.25, -0.2) is 8.42 Å². The monoisotopic (exact) mass is 460 g/mol. The number of hydrogen-bond acceptors (Lipinski definition) is 6. The van der Waals surface area contributed by atoms with E-state index in [-0.39, 0.29) is 10.8 Å². The maximum Gasteiger partial charge on any atom is 0.261 e. The van der Waals surface area contributed by atoms with Gasteiger partial charge in [-0.05, 0) is 68.9 Å². The Morgan fingerprint density at radius 3 is 2.44 bits per heavy atom. The highest BCUT2D eigenvalue weighted by Crippen LogP contribution is 2.20. The molecule has 174 valence electrons. The van der Waals surface area contributed by atoms with Crippen LogP contribution in [0.4, 0.5) is 5.69 Å². The number of piperazine rings is 1. The average molecular weight is 461 g/mol. The van der Waals surface area contributed by atoms with Crippen molar-refractivity contribution in [2.45, 2.75) is 17.7 Å². The summed E-state index contributed by atoms with van der Waals surface area (Å²) in [6.07, 6.45) is 1.90. The number of hydrogen-bond donors (Lipinski definition) is 2. The molecule has 0 saturated carbocycles. The second-order valence-corrected chi connectivity index (χ2v) is 9.65. The van der Waals surface area contributed by atoms with Crippen LogP contribution in [0.25, 0.3) is 0 Å². The Morgan fingerprint density at radius 1 is 1.03 bits per heavy atom. The van der Waals surface area contributed by atoms with Gasteiger partial charge in [0.1, 0.15) is 5.75 Å². The molecule has 2 aromatic carbocycles. The maximum atomic E-state index is 12.7. The lowest BCUT2D eigenvalue weighted by atomic mass is 10.2. The normalized spacial score (nSPS) is 15.3. The molecule has 0 bridgehead atoms. The quantitative estimate of drug-likeness (QED) is 0.529. The molecule has 2 aromatic rings. The average Bonchev–Trinajstić information content (AvgIpc) is 2.80. The molecule has 0 radical (unpaired) electrons. The lowest BCUT2D eigenvalue weighted by Gasteiger charge is -2.32. The van der Waals surface area contributed by atoms with Gasteiger partial charge in [-0.2, -0.15) is 0 Å². The predicted molar refractivity (Wildman–Crippen MR) is 126 cm³/mol. The van der Waals surface area contributed by atoms with Gasteiger partial charge in [-0.15, -0.1) is 0 Å². The van der Waals surface area contributed by atoms with Crippen LogP contribution in [0.15, 0.2) is 53.4 Å². The zero-order valence-electron chi connectivity index (χ0n) is 18.7. The zero-order chi connectivity index (χ0) is 23.0. The fourth-order valence-corrected chi connectivity index (χ4v) is 4.62.